The highest BCUT2D eigenvalue weighted by Gasteiger charge is 2.11. The van der Waals surface area contributed by atoms with Crippen LogP contribution in [0, 0.1) is 6.92 Å². The molecule has 3 heteroatoms. The average molecular weight is 352 g/mol. The molecule has 0 radical (unpaired) electrons. The first-order valence-corrected chi connectivity index (χ1v) is 8.86. The summed E-state index contributed by atoms with van der Waals surface area (Å²) in [5.74, 6) is 0. The molecule has 2 rings (SSSR count). The van der Waals surface area contributed by atoms with E-state index in [0.29, 0.717) is 6.04 Å². The Morgan fingerprint density at radius 1 is 1.20 bits per heavy atom. The maximum Gasteiger partial charge on any atom is 0.0285 e. The van der Waals surface area contributed by atoms with E-state index in [-0.39, 0.29) is 0 Å². The number of hydrogen-bond donors (Lipinski definition) is 1. The maximum absolute atomic E-state index is 3.68. The molecule has 1 nitrogen and oxygen atoms in total. The summed E-state index contributed by atoms with van der Waals surface area (Å²) in [5.41, 5.74) is 2.74. The molecular formula is C17H22BrNS. The SMILES string of the molecule is CCCNC(Cc1ccc(C)cc1)Cc1cc(Br)cs1. The lowest BCUT2D eigenvalue weighted by atomic mass is 10.0. The van der Waals surface area contributed by atoms with Crippen LogP contribution in [0.25, 0.3) is 0 Å². The Morgan fingerprint density at radius 3 is 2.55 bits per heavy atom. The molecule has 0 aliphatic carbocycles. The lowest BCUT2D eigenvalue weighted by molar-refractivity contribution is 0.507. The fourth-order valence-electron chi connectivity index (χ4n) is 2.28. The monoisotopic (exact) mass is 351 g/mol. The minimum Gasteiger partial charge on any atom is -0.313 e. The first-order valence-electron chi connectivity index (χ1n) is 7.19. The van der Waals surface area contributed by atoms with Gasteiger partial charge in [-0.2, -0.15) is 0 Å². The number of thiophene rings is 1. The molecule has 0 aliphatic heterocycles. The van der Waals surface area contributed by atoms with E-state index in [2.05, 4.69) is 70.8 Å². The molecule has 1 N–H and O–H groups in total. The Labute approximate surface area is 134 Å². The van der Waals surface area contributed by atoms with Gasteiger partial charge >= 0.3 is 0 Å². The van der Waals surface area contributed by atoms with Crippen LogP contribution in [-0.2, 0) is 12.8 Å². The fraction of sp³-hybridized carbons (Fsp3) is 0.412. The normalized spacial score (nSPS) is 12.6. The van der Waals surface area contributed by atoms with Crippen LogP contribution < -0.4 is 5.32 Å². The van der Waals surface area contributed by atoms with E-state index in [4.69, 9.17) is 0 Å². The van der Waals surface area contributed by atoms with Gasteiger partial charge in [-0.05, 0) is 60.3 Å². The number of aryl methyl sites for hydroxylation is 1. The van der Waals surface area contributed by atoms with E-state index < -0.39 is 0 Å². The molecule has 108 valence electrons. The van der Waals surface area contributed by atoms with E-state index in [1.165, 1.54) is 26.9 Å². The van der Waals surface area contributed by atoms with Crippen LogP contribution in [0.2, 0.25) is 0 Å². The van der Waals surface area contributed by atoms with Gasteiger partial charge in [0.1, 0.15) is 0 Å². The van der Waals surface area contributed by atoms with Crippen LogP contribution in [0.1, 0.15) is 29.3 Å². The van der Waals surface area contributed by atoms with Crippen molar-refractivity contribution in [2.45, 2.75) is 39.2 Å². The molecule has 1 unspecified atom stereocenters. The number of hydrogen-bond acceptors (Lipinski definition) is 2. The maximum atomic E-state index is 3.68. The third kappa shape index (κ3) is 5.04. The van der Waals surface area contributed by atoms with Gasteiger partial charge in [0, 0.05) is 20.8 Å². The number of nitrogens with one attached hydrogen (secondary N) is 1. The van der Waals surface area contributed by atoms with Crippen molar-refractivity contribution in [3.05, 3.63) is 56.2 Å². The highest BCUT2D eigenvalue weighted by atomic mass is 79.9. The van der Waals surface area contributed by atoms with Crippen molar-refractivity contribution in [2.75, 3.05) is 6.54 Å². The van der Waals surface area contributed by atoms with Crippen LogP contribution in [0.4, 0.5) is 0 Å². The molecule has 2 aromatic rings. The molecule has 1 atom stereocenters. The summed E-state index contributed by atoms with van der Waals surface area (Å²) in [5, 5.41) is 5.85. The van der Waals surface area contributed by atoms with Crippen molar-refractivity contribution in [1.82, 2.24) is 5.32 Å². The highest BCUT2D eigenvalue weighted by Crippen LogP contribution is 2.22. The zero-order valence-corrected chi connectivity index (χ0v) is 14.6. The predicted molar refractivity (Wildman–Crippen MR) is 92.7 cm³/mol. The molecule has 1 aromatic heterocycles. The van der Waals surface area contributed by atoms with Crippen LogP contribution in [0.15, 0.2) is 40.2 Å². The topological polar surface area (TPSA) is 12.0 Å². The lowest BCUT2D eigenvalue weighted by Gasteiger charge is -2.18. The Kier molecular flexibility index (Phi) is 6.27. The second-order valence-corrected chi connectivity index (χ2v) is 7.19. The van der Waals surface area contributed by atoms with Gasteiger partial charge in [0.15, 0.2) is 0 Å². The lowest BCUT2D eigenvalue weighted by Crippen LogP contribution is -2.33. The third-order valence-electron chi connectivity index (χ3n) is 3.36. The summed E-state index contributed by atoms with van der Waals surface area (Å²) < 4.78 is 1.20. The van der Waals surface area contributed by atoms with E-state index in [9.17, 15) is 0 Å². The van der Waals surface area contributed by atoms with E-state index in [1.807, 2.05) is 11.3 Å². The van der Waals surface area contributed by atoms with Gasteiger partial charge in [-0.1, -0.05) is 36.8 Å². The van der Waals surface area contributed by atoms with Crippen molar-refractivity contribution in [1.29, 1.82) is 0 Å². The molecular weight excluding hydrogens is 330 g/mol. The summed E-state index contributed by atoms with van der Waals surface area (Å²) in [4.78, 5) is 1.44. The molecule has 0 saturated heterocycles. The van der Waals surface area contributed by atoms with Crippen molar-refractivity contribution in [3.8, 4) is 0 Å². The van der Waals surface area contributed by atoms with Gasteiger partial charge in [0.05, 0.1) is 0 Å². The third-order valence-corrected chi connectivity index (χ3v) is 5.08. The molecule has 1 aromatic carbocycles. The zero-order valence-electron chi connectivity index (χ0n) is 12.2. The molecule has 20 heavy (non-hydrogen) atoms. The Morgan fingerprint density at radius 2 is 1.95 bits per heavy atom. The Bertz CT molecular complexity index is 518. The van der Waals surface area contributed by atoms with Gasteiger partial charge in [-0.3, -0.25) is 0 Å². The minimum atomic E-state index is 0.517. The van der Waals surface area contributed by atoms with Gasteiger partial charge < -0.3 is 5.32 Å². The summed E-state index contributed by atoms with van der Waals surface area (Å²) in [7, 11) is 0. The summed E-state index contributed by atoms with van der Waals surface area (Å²) in [6.45, 7) is 5.44. The molecule has 0 fully saturated rings. The van der Waals surface area contributed by atoms with Crippen LogP contribution >= 0.6 is 27.3 Å². The van der Waals surface area contributed by atoms with Crippen molar-refractivity contribution in [2.24, 2.45) is 0 Å². The predicted octanol–water partition coefficient (Wildman–Crippen LogP) is 4.97. The van der Waals surface area contributed by atoms with Crippen molar-refractivity contribution >= 4 is 27.3 Å². The van der Waals surface area contributed by atoms with E-state index >= 15 is 0 Å². The van der Waals surface area contributed by atoms with Gasteiger partial charge in [-0.25, -0.2) is 0 Å². The fourth-order valence-corrected chi connectivity index (χ4v) is 3.81. The van der Waals surface area contributed by atoms with Crippen molar-refractivity contribution in [3.63, 3.8) is 0 Å². The van der Waals surface area contributed by atoms with Gasteiger partial charge in [-0.15, -0.1) is 11.3 Å². The van der Waals surface area contributed by atoms with Crippen LogP contribution in [0.3, 0.4) is 0 Å². The first-order chi connectivity index (χ1) is 9.67. The van der Waals surface area contributed by atoms with Crippen LogP contribution in [-0.4, -0.2) is 12.6 Å². The second-order valence-electron chi connectivity index (χ2n) is 5.28. The Balaban J connectivity index is 2.00. The standard InChI is InChI=1S/C17H22BrNS/c1-3-8-19-16(11-17-10-15(18)12-20-17)9-14-6-4-13(2)5-7-14/h4-7,10,12,16,19H,3,8-9,11H2,1-2H3. The van der Waals surface area contributed by atoms with Gasteiger partial charge in [0.2, 0.25) is 0 Å². The Hall–Kier alpha value is -0.640. The largest absolute Gasteiger partial charge is 0.313 e. The number of rotatable bonds is 7. The summed E-state index contributed by atoms with van der Waals surface area (Å²) in [6.07, 6.45) is 3.37. The molecule has 0 bridgehead atoms. The number of halogens is 1. The molecule has 0 aliphatic rings. The van der Waals surface area contributed by atoms with E-state index in [1.54, 1.807) is 0 Å². The molecule has 0 saturated carbocycles. The quantitative estimate of drug-likeness (QED) is 0.742. The molecule has 1 heterocycles. The molecule has 0 spiro atoms. The highest BCUT2D eigenvalue weighted by molar-refractivity contribution is 9.10. The average Bonchev–Trinajstić information content (AvgIpc) is 2.84. The smallest absolute Gasteiger partial charge is 0.0285 e. The second kappa shape index (κ2) is 7.96. The summed E-state index contributed by atoms with van der Waals surface area (Å²) >= 11 is 5.38. The minimum absolute atomic E-state index is 0.517. The zero-order chi connectivity index (χ0) is 14.4. The van der Waals surface area contributed by atoms with E-state index in [0.717, 1.165) is 19.4 Å². The van der Waals surface area contributed by atoms with Crippen LogP contribution in [0.5, 0.6) is 0 Å². The number of benzene rings is 1. The summed E-state index contributed by atoms with van der Waals surface area (Å²) in [6, 6.07) is 11.7. The first kappa shape index (κ1) is 15.7. The van der Waals surface area contributed by atoms with Gasteiger partial charge in [0.25, 0.3) is 0 Å². The molecule has 0 amide bonds. The van der Waals surface area contributed by atoms with Crippen molar-refractivity contribution < 1.29 is 0 Å².